The number of ether oxygens (including phenoxy) is 1. The van der Waals surface area contributed by atoms with Gasteiger partial charge in [0.05, 0.1) is 18.1 Å². The maximum atomic E-state index is 12.7. The van der Waals surface area contributed by atoms with Gasteiger partial charge in [0.15, 0.2) is 5.82 Å². The van der Waals surface area contributed by atoms with Crippen molar-refractivity contribution in [1.29, 1.82) is 0 Å². The first kappa shape index (κ1) is 19.2. The summed E-state index contributed by atoms with van der Waals surface area (Å²) in [6.07, 6.45) is 2.54. The Morgan fingerprint density at radius 1 is 1.07 bits per heavy atom. The Morgan fingerprint density at radius 3 is 2.34 bits per heavy atom. The number of aryl methyl sites for hydroxylation is 1. The van der Waals surface area contributed by atoms with Crippen LogP contribution in [0.3, 0.4) is 0 Å². The fraction of sp³-hybridized carbons (Fsp3) is 0.348. The molecular formula is C23H26N4O2. The zero-order valence-corrected chi connectivity index (χ0v) is 16.9. The SMILES string of the molecule is CCc1ccc(NC(=O)C2CCN(c3nc4ccccc4nc3OC)CC2)cc1. The van der Waals surface area contributed by atoms with Crippen LogP contribution in [0.25, 0.3) is 11.0 Å². The van der Waals surface area contributed by atoms with E-state index in [0.717, 1.165) is 54.9 Å². The molecule has 6 heteroatoms. The van der Waals surface area contributed by atoms with Crippen molar-refractivity contribution in [2.45, 2.75) is 26.2 Å². The summed E-state index contributed by atoms with van der Waals surface area (Å²) >= 11 is 0. The summed E-state index contributed by atoms with van der Waals surface area (Å²) in [5.41, 5.74) is 3.79. The predicted octanol–water partition coefficient (Wildman–Crippen LogP) is 4.06. The Balaban J connectivity index is 1.42. The summed E-state index contributed by atoms with van der Waals surface area (Å²) < 4.78 is 5.48. The van der Waals surface area contributed by atoms with E-state index in [0.29, 0.717) is 5.88 Å². The van der Waals surface area contributed by atoms with Crippen LogP contribution in [-0.4, -0.2) is 36.1 Å². The molecule has 0 aliphatic carbocycles. The maximum Gasteiger partial charge on any atom is 0.257 e. The zero-order chi connectivity index (χ0) is 20.2. The fourth-order valence-electron chi connectivity index (χ4n) is 3.74. The minimum Gasteiger partial charge on any atom is -0.478 e. The lowest BCUT2D eigenvalue weighted by Gasteiger charge is -2.32. The number of piperidine rings is 1. The van der Waals surface area contributed by atoms with Gasteiger partial charge in [0.25, 0.3) is 5.88 Å². The van der Waals surface area contributed by atoms with Gasteiger partial charge in [0.2, 0.25) is 5.91 Å². The third-order valence-corrected chi connectivity index (χ3v) is 5.51. The van der Waals surface area contributed by atoms with Gasteiger partial charge < -0.3 is 15.0 Å². The highest BCUT2D eigenvalue weighted by molar-refractivity contribution is 5.92. The largest absolute Gasteiger partial charge is 0.478 e. The second-order valence-electron chi connectivity index (χ2n) is 7.35. The standard InChI is InChI=1S/C23H26N4O2/c1-3-16-8-10-18(11-9-16)24-22(28)17-12-14-27(15-13-17)21-23(29-2)26-20-7-5-4-6-19(20)25-21/h4-11,17H,3,12-15H2,1-2H3,(H,24,28). The van der Waals surface area contributed by atoms with Gasteiger partial charge in [-0.3, -0.25) is 4.79 Å². The second-order valence-corrected chi connectivity index (χ2v) is 7.35. The predicted molar refractivity (Wildman–Crippen MR) is 115 cm³/mol. The number of carbonyl (C=O) groups excluding carboxylic acids is 1. The highest BCUT2D eigenvalue weighted by atomic mass is 16.5. The molecule has 2 aromatic carbocycles. The Bertz CT molecular complexity index is 995. The number of amides is 1. The third-order valence-electron chi connectivity index (χ3n) is 5.51. The lowest BCUT2D eigenvalue weighted by Crippen LogP contribution is -2.38. The summed E-state index contributed by atoms with van der Waals surface area (Å²) in [5, 5.41) is 3.05. The summed E-state index contributed by atoms with van der Waals surface area (Å²) in [7, 11) is 1.62. The van der Waals surface area contributed by atoms with Gasteiger partial charge in [0, 0.05) is 24.7 Å². The Hall–Kier alpha value is -3.15. The van der Waals surface area contributed by atoms with Crippen molar-refractivity contribution in [2.24, 2.45) is 5.92 Å². The normalized spacial score (nSPS) is 14.8. The first-order valence-electron chi connectivity index (χ1n) is 10.1. The number of hydrogen-bond acceptors (Lipinski definition) is 5. The molecule has 6 nitrogen and oxygen atoms in total. The molecular weight excluding hydrogens is 364 g/mol. The van der Waals surface area contributed by atoms with Crippen LogP contribution in [0.4, 0.5) is 11.5 Å². The van der Waals surface area contributed by atoms with E-state index in [1.165, 1.54) is 5.56 Å². The van der Waals surface area contributed by atoms with Crippen LogP contribution in [0.1, 0.15) is 25.3 Å². The second kappa shape index (κ2) is 8.47. The summed E-state index contributed by atoms with van der Waals surface area (Å²) in [6, 6.07) is 15.8. The molecule has 0 unspecified atom stereocenters. The first-order chi connectivity index (χ1) is 14.2. The smallest absolute Gasteiger partial charge is 0.257 e. The zero-order valence-electron chi connectivity index (χ0n) is 16.9. The van der Waals surface area contributed by atoms with E-state index in [2.05, 4.69) is 34.3 Å². The monoisotopic (exact) mass is 390 g/mol. The molecule has 1 saturated heterocycles. The average molecular weight is 390 g/mol. The van der Waals surface area contributed by atoms with E-state index in [9.17, 15) is 4.79 Å². The van der Waals surface area contributed by atoms with Crippen LogP contribution in [0.15, 0.2) is 48.5 Å². The molecule has 3 aromatic rings. The van der Waals surface area contributed by atoms with Crippen LogP contribution < -0.4 is 15.0 Å². The van der Waals surface area contributed by atoms with Gasteiger partial charge in [-0.15, -0.1) is 0 Å². The van der Waals surface area contributed by atoms with E-state index >= 15 is 0 Å². The molecule has 4 rings (SSSR count). The number of nitrogens with one attached hydrogen (secondary N) is 1. The Kier molecular flexibility index (Phi) is 5.60. The van der Waals surface area contributed by atoms with Crippen LogP contribution >= 0.6 is 0 Å². The van der Waals surface area contributed by atoms with Crippen molar-refractivity contribution in [3.8, 4) is 5.88 Å². The lowest BCUT2D eigenvalue weighted by atomic mass is 9.95. The van der Waals surface area contributed by atoms with E-state index in [-0.39, 0.29) is 11.8 Å². The van der Waals surface area contributed by atoms with Gasteiger partial charge in [-0.2, -0.15) is 0 Å². The summed E-state index contributed by atoms with van der Waals surface area (Å²) in [6.45, 7) is 3.61. The summed E-state index contributed by atoms with van der Waals surface area (Å²) in [4.78, 5) is 24.2. The molecule has 0 radical (unpaired) electrons. The van der Waals surface area contributed by atoms with E-state index < -0.39 is 0 Å². The van der Waals surface area contributed by atoms with Gasteiger partial charge in [-0.05, 0) is 49.1 Å². The molecule has 1 N–H and O–H groups in total. The first-order valence-corrected chi connectivity index (χ1v) is 10.1. The van der Waals surface area contributed by atoms with E-state index in [4.69, 9.17) is 9.72 Å². The molecule has 1 fully saturated rings. The van der Waals surface area contributed by atoms with Gasteiger partial charge in [0.1, 0.15) is 0 Å². The van der Waals surface area contributed by atoms with Crippen LogP contribution in [0, 0.1) is 5.92 Å². The van der Waals surface area contributed by atoms with Crippen molar-refractivity contribution in [2.75, 3.05) is 30.4 Å². The number of para-hydroxylation sites is 2. The molecule has 1 amide bonds. The van der Waals surface area contributed by atoms with Crippen LogP contribution in [-0.2, 0) is 11.2 Å². The highest BCUT2D eigenvalue weighted by Gasteiger charge is 2.27. The van der Waals surface area contributed by atoms with Gasteiger partial charge in [-0.25, -0.2) is 9.97 Å². The maximum absolute atomic E-state index is 12.7. The number of hydrogen-bond donors (Lipinski definition) is 1. The van der Waals surface area contributed by atoms with Gasteiger partial charge >= 0.3 is 0 Å². The number of aromatic nitrogens is 2. The molecule has 2 heterocycles. The lowest BCUT2D eigenvalue weighted by molar-refractivity contribution is -0.120. The molecule has 150 valence electrons. The van der Waals surface area contributed by atoms with Crippen LogP contribution in [0.5, 0.6) is 5.88 Å². The Labute approximate surface area is 170 Å². The number of anilines is 2. The third kappa shape index (κ3) is 4.16. The molecule has 1 aliphatic heterocycles. The van der Waals surface area contributed by atoms with Crippen molar-refractivity contribution < 1.29 is 9.53 Å². The topological polar surface area (TPSA) is 67.4 Å². The van der Waals surface area contributed by atoms with E-state index in [1.54, 1.807) is 7.11 Å². The number of methoxy groups -OCH3 is 1. The minimum atomic E-state index is -0.00323. The molecule has 0 saturated carbocycles. The molecule has 0 atom stereocenters. The van der Waals surface area contributed by atoms with E-state index in [1.807, 2.05) is 36.4 Å². The number of benzene rings is 2. The number of fused-ring (bicyclic) bond motifs is 1. The Morgan fingerprint density at radius 2 is 1.72 bits per heavy atom. The van der Waals surface area contributed by atoms with Crippen molar-refractivity contribution in [3.63, 3.8) is 0 Å². The molecule has 1 aliphatic rings. The van der Waals surface area contributed by atoms with Crippen molar-refractivity contribution in [3.05, 3.63) is 54.1 Å². The molecule has 29 heavy (non-hydrogen) atoms. The number of rotatable bonds is 5. The minimum absolute atomic E-state index is 0.00323. The van der Waals surface area contributed by atoms with Crippen molar-refractivity contribution in [1.82, 2.24) is 9.97 Å². The molecule has 0 bridgehead atoms. The fourth-order valence-corrected chi connectivity index (χ4v) is 3.74. The van der Waals surface area contributed by atoms with Crippen LogP contribution in [0.2, 0.25) is 0 Å². The number of carbonyl (C=O) groups is 1. The average Bonchev–Trinajstić information content (AvgIpc) is 2.78. The summed E-state index contributed by atoms with van der Waals surface area (Å²) in [5.74, 6) is 1.37. The quantitative estimate of drug-likeness (QED) is 0.712. The highest BCUT2D eigenvalue weighted by Crippen LogP contribution is 2.30. The van der Waals surface area contributed by atoms with Gasteiger partial charge in [-0.1, -0.05) is 31.2 Å². The number of nitrogens with zero attached hydrogens (tertiary/aromatic N) is 3. The molecule has 1 aromatic heterocycles. The van der Waals surface area contributed by atoms with Crippen molar-refractivity contribution >= 4 is 28.4 Å². The molecule has 0 spiro atoms.